The maximum absolute atomic E-state index is 10.4. The van der Waals surface area contributed by atoms with E-state index in [0.29, 0.717) is 25.7 Å². The Kier molecular flexibility index (Phi) is 11.4. The Morgan fingerprint density at radius 1 is 1.24 bits per heavy atom. The van der Waals surface area contributed by atoms with Crippen LogP contribution in [0.25, 0.3) is 0 Å². The number of carboxylic acids is 1. The average Bonchev–Trinajstić information content (AvgIpc) is 2.30. The van der Waals surface area contributed by atoms with Crippen molar-refractivity contribution in [1.29, 1.82) is 0 Å². The van der Waals surface area contributed by atoms with E-state index in [-0.39, 0.29) is 6.42 Å². The fraction of sp³-hybridized carbons (Fsp3) is 0.917. The molecule has 0 heterocycles. The number of carboxylic acid groups (broad SMARTS) is 1. The van der Waals surface area contributed by atoms with E-state index in [1.54, 1.807) is 7.11 Å². The van der Waals surface area contributed by atoms with Gasteiger partial charge in [-0.25, -0.2) is 0 Å². The quantitative estimate of drug-likeness (QED) is 0.506. The minimum absolute atomic E-state index is 0.265. The average molecular weight is 247 g/mol. The second kappa shape index (κ2) is 11.8. The molecule has 0 rings (SSSR count). The van der Waals surface area contributed by atoms with Crippen molar-refractivity contribution in [3.8, 4) is 0 Å². The van der Waals surface area contributed by atoms with E-state index in [0.717, 1.165) is 25.9 Å². The fourth-order valence-electron chi connectivity index (χ4n) is 1.38. The Hall–Kier alpha value is -0.650. The summed E-state index contributed by atoms with van der Waals surface area (Å²) in [5, 5.41) is 11.8. The molecule has 102 valence electrons. The molecule has 5 nitrogen and oxygen atoms in total. The van der Waals surface area contributed by atoms with E-state index < -0.39 is 5.97 Å². The summed E-state index contributed by atoms with van der Waals surface area (Å²) < 4.78 is 10.1. The van der Waals surface area contributed by atoms with Crippen molar-refractivity contribution in [2.75, 3.05) is 40.0 Å². The van der Waals surface area contributed by atoms with Crippen molar-refractivity contribution in [3.05, 3.63) is 0 Å². The lowest BCUT2D eigenvalue weighted by atomic mass is 10.0. The molecule has 0 aromatic heterocycles. The number of aliphatic carboxylic acids is 1. The van der Waals surface area contributed by atoms with E-state index in [1.807, 2.05) is 0 Å². The minimum atomic E-state index is -0.712. The molecule has 0 spiro atoms. The first-order valence-electron chi connectivity index (χ1n) is 6.16. The van der Waals surface area contributed by atoms with Gasteiger partial charge in [0.2, 0.25) is 0 Å². The zero-order chi connectivity index (χ0) is 12.9. The van der Waals surface area contributed by atoms with Crippen LogP contribution < -0.4 is 5.32 Å². The lowest BCUT2D eigenvalue weighted by Gasteiger charge is -2.10. The van der Waals surface area contributed by atoms with Gasteiger partial charge in [-0.05, 0) is 25.3 Å². The molecular formula is C12H25NO4. The number of rotatable bonds is 12. The summed E-state index contributed by atoms with van der Waals surface area (Å²) in [5.41, 5.74) is 0. The van der Waals surface area contributed by atoms with Crippen molar-refractivity contribution in [1.82, 2.24) is 5.32 Å². The van der Waals surface area contributed by atoms with Gasteiger partial charge in [-0.3, -0.25) is 4.79 Å². The van der Waals surface area contributed by atoms with Crippen LogP contribution in [0.15, 0.2) is 0 Å². The molecule has 1 atom stereocenters. The Balaban J connectivity index is 3.13. The van der Waals surface area contributed by atoms with Gasteiger partial charge in [0.25, 0.3) is 0 Å². The Morgan fingerprint density at radius 2 is 2.00 bits per heavy atom. The molecule has 0 saturated carbocycles. The molecule has 5 heteroatoms. The predicted molar refractivity (Wildman–Crippen MR) is 66.2 cm³/mol. The predicted octanol–water partition coefficient (Wildman–Crippen LogP) is 1.13. The summed E-state index contributed by atoms with van der Waals surface area (Å²) in [4.78, 5) is 10.4. The molecule has 17 heavy (non-hydrogen) atoms. The summed E-state index contributed by atoms with van der Waals surface area (Å²) >= 11 is 0. The van der Waals surface area contributed by atoms with Crippen LogP contribution in [0.3, 0.4) is 0 Å². The zero-order valence-electron chi connectivity index (χ0n) is 10.9. The van der Waals surface area contributed by atoms with Gasteiger partial charge in [-0.2, -0.15) is 0 Å². The van der Waals surface area contributed by atoms with Gasteiger partial charge >= 0.3 is 5.97 Å². The van der Waals surface area contributed by atoms with Crippen LogP contribution in [0, 0.1) is 5.92 Å². The van der Waals surface area contributed by atoms with Crippen molar-refractivity contribution in [2.24, 2.45) is 5.92 Å². The smallest absolute Gasteiger partial charge is 0.303 e. The van der Waals surface area contributed by atoms with Gasteiger partial charge in [0, 0.05) is 20.1 Å². The topological polar surface area (TPSA) is 67.8 Å². The molecule has 0 bridgehead atoms. The standard InChI is InChI=1S/C12H25NO4/c1-11(3-4-12(14)15)5-6-13-7-8-17-10-9-16-2/h11,13H,3-10H2,1-2H3,(H,14,15). The third-order valence-electron chi connectivity index (χ3n) is 2.52. The van der Waals surface area contributed by atoms with Gasteiger partial charge in [0.05, 0.1) is 19.8 Å². The van der Waals surface area contributed by atoms with Crippen molar-refractivity contribution in [2.45, 2.75) is 26.2 Å². The van der Waals surface area contributed by atoms with Gasteiger partial charge in [-0.1, -0.05) is 6.92 Å². The fourth-order valence-corrected chi connectivity index (χ4v) is 1.38. The first-order valence-corrected chi connectivity index (χ1v) is 6.16. The molecule has 0 radical (unpaired) electrons. The summed E-state index contributed by atoms with van der Waals surface area (Å²) in [6.45, 7) is 5.77. The molecular weight excluding hydrogens is 222 g/mol. The number of nitrogens with one attached hydrogen (secondary N) is 1. The first-order chi connectivity index (χ1) is 8.16. The van der Waals surface area contributed by atoms with Crippen molar-refractivity contribution < 1.29 is 19.4 Å². The highest BCUT2D eigenvalue weighted by Gasteiger charge is 2.04. The van der Waals surface area contributed by atoms with Gasteiger partial charge in [-0.15, -0.1) is 0 Å². The number of hydrogen-bond acceptors (Lipinski definition) is 4. The molecule has 0 aliphatic rings. The SMILES string of the molecule is COCCOCCNCCC(C)CCC(=O)O. The van der Waals surface area contributed by atoms with Crippen LogP contribution in [-0.4, -0.2) is 51.1 Å². The van der Waals surface area contributed by atoms with Crippen molar-refractivity contribution >= 4 is 5.97 Å². The van der Waals surface area contributed by atoms with E-state index in [2.05, 4.69) is 12.2 Å². The van der Waals surface area contributed by atoms with Crippen LogP contribution in [0.5, 0.6) is 0 Å². The number of methoxy groups -OCH3 is 1. The van der Waals surface area contributed by atoms with E-state index in [4.69, 9.17) is 14.6 Å². The highest BCUT2D eigenvalue weighted by atomic mass is 16.5. The van der Waals surface area contributed by atoms with Crippen molar-refractivity contribution in [3.63, 3.8) is 0 Å². The van der Waals surface area contributed by atoms with Crippen LogP contribution >= 0.6 is 0 Å². The Labute approximate surface area is 103 Å². The molecule has 0 fully saturated rings. The molecule has 1 unspecified atom stereocenters. The highest BCUT2D eigenvalue weighted by molar-refractivity contribution is 5.66. The zero-order valence-corrected chi connectivity index (χ0v) is 10.9. The molecule has 0 aliphatic carbocycles. The van der Waals surface area contributed by atoms with Crippen LogP contribution in [0.4, 0.5) is 0 Å². The van der Waals surface area contributed by atoms with E-state index in [9.17, 15) is 4.79 Å². The third kappa shape index (κ3) is 13.3. The Morgan fingerprint density at radius 3 is 2.65 bits per heavy atom. The van der Waals surface area contributed by atoms with Crippen LogP contribution in [0.2, 0.25) is 0 Å². The monoisotopic (exact) mass is 247 g/mol. The number of hydrogen-bond donors (Lipinski definition) is 2. The highest BCUT2D eigenvalue weighted by Crippen LogP contribution is 2.08. The summed E-state index contributed by atoms with van der Waals surface area (Å²) in [6.07, 6.45) is 2.02. The molecule has 0 aliphatic heterocycles. The number of ether oxygens (including phenoxy) is 2. The molecule has 0 saturated heterocycles. The lowest BCUT2D eigenvalue weighted by molar-refractivity contribution is -0.137. The summed E-state index contributed by atoms with van der Waals surface area (Å²) in [7, 11) is 1.65. The Bertz CT molecular complexity index is 187. The maximum Gasteiger partial charge on any atom is 0.303 e. The third-order valence-corrected chi connectivity index (χ3v) is 2.52. The largest absolute Gasteiger partial charge is 0.481 e. The molecule has 2 N–H and O–H groups in total. The van der Waals surface area contributed by atoms with Gasteiger partial charge in [0.1, 0.15) is 0 Å². The first kappa shape index (κ1) is 16.4. The minimum Gasteiger partial charge on any atom is -0.481 e. The summed E-state index contributed by atoms with van der Waals surface area (Å²) in [5.74, 6) is -0.260. The van der Waals surface area contributed by atoms with Gasteiger partial charge in [0.15, 0.2) is 0 Å². The van der Waals surface area contributed by atoms with Crippen LogP contribution in [-0.2, 0) is 14.3 Å². The maximum atomic E-state index is 10.4. The molecule has 0 aromatic carbocycles. The van der Waals surface area contributed by atoms with Crippen LogP contribution in [0.1, 0.15) is 26.2 Å². The normalized spacial score (nSPS) is 12.6. The van der Waals surface area contributed by atoms with E-state index >= 15 is 0 Å². The second-order valence-corrected chi connectivity index (χ2v) is 4.18. The number of carbonyl (C=O) groups is 1. The van der Waals surface area contributed by atoms with E-state index in [1.165, 1.54) is 0 Å². The molecule has 0 amide bonds. The second-order valence-electron chi connectivity index (χ2n) is 4.18. The lowest BCUT2D eigenvalue weighted by Crippen LogP contribution is -2.23. The van der Waals surface area contributed by atoms with Gasteiger partial charge < -0.3 is 19.9 Å². The molecule has 0 aromatic rings. The summed E-state index contributed by atoms with van der Waals surface area (Å²) in [6, 6.07) is 0.